The van der Waals surface area contributed by atoms with Crippen molar-refractivity contribution < 1.29 is 9.32 Å². The van der Waals surface area contributed by atoms with Gasteiger partial charge in [0.15, 0.2) is 0 Å². The van der Waals surface area contributed by atoms with E-state index in [2.05, 4.69) is 27.5 Å². The summed E-state index contributed by atoms with van der Waals surface area (Å²) in [6.07, 6.45) is 5.29. The summed E-state index contributed by atoms with van der Waals surface area (Å²) in [4.78, 5) is 18.3. The molecule has 3 heterocycles. The molecule has 3 rings (SSSR count). The Labute approximate surface area is 147 Å². The van der Waals surface area contributed by atoms with Gasteiger partial charge in [-0.25, -0.2) is 9.78 Å². The second-order valence-electron chi connectivity index (χ2n) is 6.87. The molecule has 0 radical (unpaired) electrons. The number of carbonyl (C=O) groups is 1. The number of carbonyl (C=O) groups excluding carboxylic acids is 1. The summed E-state index contributed by atoms with van der Waals surface area (Å²) in [5.74, 6) is 1.56. The number of piperidine rings is 1. The third-order valence-corrected chi connectivity index (χ3v) is 4.95. The number of rotatable bonds is 5. The van der Waals surface area contributed by atoms with Gasteiger partial charge in [-0.1, -0.05) is 12.1 Å². The van der Waals surface area contributed by atoms with E-state index in [1.165, 1.54) is 0 Å². The summed E-state index contributed by atoms with van der Waals surface area (Å²) >= 11 is 0. The summed E-state index contributed by atoms with van der Waals surface area (Å²) in [5, 5.41) is 11.2. The topological polar surface area (TPSA) is 89.1 Å². The van der Waals surface area contributed by atoms with Crippen molar-refractivity contribution in [2.24, 2.45) is 5.92 Å². The molecule has 1 aliphatic rings. The van der Waals surface area contributed by atoms with E-state index in [1.807, 2.05) is 23.4 Å². The van der Waals surface area contributed by atoms with Gasteiger partial charge in [-0.3, -0.25) is 4.68 Å². The molecule has 1 atom stereocenters. The standard InChI is InChI=1S/C17H26N6O2/c1-12(16-13(2)21-25-14(16)3)8-19-17(24)22-6-4-15(5-7-22)9-23-11-18-10-20-23/h10-12,15H,4-9H2,1-3H3,(H,19,24). The van der Waals surface area contributed by atoms with E-state index in [4.69, 9.17) is 4.52 Å². The average molecular weight is 346 g/mol. The Bertz CT molecular complexity index is 669. The molecular formula is C17H26N6O2. The summed E-state index contributed by atoms with van der Waals surface area (Å²) in [6, 6.07) is 0.0119. The molecule has 25 heavy (non-hydrogen) atoms. The number of amides is 2. The fourth-order valence-electron chi connectivity index (χ4n) is 3.56. The van der Waals surface area contributed by atoms with Crippen LogP contribution in [-0.4, -0.2) is 50.5 Å². The summed E-state index contributed by atoms with van der Waals surface area (Å²) in [7, 11) is 0. The quantitative estimate of drug-likeness (QED) is 0.895. The Morgan fingerprint density at radius 3 is 2.76 bits per heavy atom. The van der Waals surface area contributed by atoms with Crippen LogP contribution >= 0.6 is 0 Å². The van der Waals surface area contributed by atoms with E-state index < -0.39 is 0 Å². The minimum atomic E-state index is 0.0119. The molecule has 2 aromatic heterocycles. The van der Waals surface area contributed by atoms with Crippen LogP contribution in [0, 0.1) is 19.8 Å². The predicted molar refractivity (Wildman–Crippen MR) is 92.1 cm³/mol. The molecule has 1 unspecified atom stereocenters. The zero-order valence-electron chi connectivity index (χ0n) is 15.1. The third-order valence-electron chi connectivity index (χ3n) is 4.95. The minimum Gasteiger partial charge on any atom is -0.361 e. The van der Waals surface area contributed by atoms with E-state index in [0.29, 0.717) is 12.5 Å². The molecule has 1 fully saturated rings. The van der Waals surface area contributed by atoms with Crippen LogP contribution in [0.4, 0.5) is 4.79 Å². The van der Waals surface area contributed by atoms with Crippen molar-refractivity contribution in [1.82, 2.24) is 30.1 Å². The Morgan fingerprint density at radius 1 is 1.40 bits per heavy atom. The van der Waals surface area contributed by atoms with Gasteiger partial charge in [0.2, 0.25) is 0 Å². The highest BCUT2D eigenvalue weighted by atomic mass is 16.5. The number of nitrogens with zero attached hydrogens (tertiary/aromatic N) is 5. The number of aromatic nitrogens is 4. The van der Waals surface area contributed by atoms with Crippen molar-refractivity contribution in [3.05, 3.63) is 29.7 Å². The fourth-order valence-corrected chi connectivity index (χ4v) is 3.56. The first-order chi connectivity index (χ1) is 12.0. The van der Waals surface area contributed by atoms with Gasteiger partial charge in [0.25, 0.3) is 0 Å². The molecule has 136 valence electrons. The minimum absolute atomic E-state index is 0.0119. The second kappa shape index (κ2) is 7.67. The zero-order valence-corrected chi connectivity index (χ0v) is 15.1. The molecule has 0 spiro atoms. The predicted octanol–water partition coefficient (Wildman–Crippen LogP) is 2.11. The average Bonchev–Trinajstić information content (AvgIpc) is 3.23. The lowest BCUT2D eigenvalue weighted by Crippen LogP contribution is -2.45. The normalized spacial score (nSPS) is 16.8. The van der Waals surface area contributed by atoms with Crippen LogP contribution < -0.4 is 5.32 Å². The van der Waals surface area contributed by atoms with E-state index in [-0.39, 0.29) is 11.9 Å². The maximum atomic E-state index is 12.4. The van der Waals surface area contributed by atoms with Crippen LogP contribution in [-0.2, 0) is 6.54 Å². The maximum absolute atomic E-state index is 12.4. The molecule has 8 heteroatoms. The van der Waals surface area contributed by atoms with Gasteiger partial charge in [-0.05, 0) is 32.6 Å². The molecule has 8 nitrogen and oxygen atoms in total. The number of nitrogens with one attached hydrogen (secondary N) is 1. The molecule has 0 saturated carbocycles. The molecule has 0 aromatic carbocycles. The van der Waals surface area contributed by atoms with Crippen LogP contribution in [0.2, 0.25) is 0 Å². The van der Waals surface area contributed by atoms with Crippen LogP contribution in [0.25, 0.3) is 0 Å². The van der Waals surface area contributed by atoms with Gasteiger partial charge in [-0.2, -0.15) is 5.10 Å². The summed E-state index contributed by atoms with van der Waals surface area (Å²) in [5.41, 5.74) is 1.99. The van der Waals surface area contributed by atoms with Crippen molar-refractivity contribution in [3.63, 3.8) is 0 Å². The van der Waals surface area contributed by atoms with Crippen molar-refractivity contribution in [3.8, 4) is 0 Å². The third kappa shape index (κ3) is 4.18. The maximum Gasteiger partial charge on any atom is 0.317 e. The highest BCUT2D eigenvalue weighted by Crippen LogP contribution is 2.23. The van der Waals surface area contributed by atoms with E-state index in [0.717, 1.165) is 49.5 Å². The van der Waals surface area contributed by atoms with E-state index >= 15 is 0 Å². The van der Waals surface area contributed by atoms with Gasteiger partial charge < -0.3 is 14.7 Å². The Morgan fingerprint density at radius 2 is 2.16 bits per heavy atom. The van der Waals surface area contributed by atoms with Crippen molar-refractivity contribution in [2.45, 2.75) is 46.1 Å². The number of urea groups is 1. The molecule has 1 saturated heterocycles. The first-order valence-corrected chi connectivity index (χ1v) is 8.82. The van der Waals surface area contributed by atoms with Crippen LogP contribution in [0.5, 0.6) is 0 Å². The van der Waals surface area contributed by atoms with Crippen molar-refractivity contribution >= 4 is 6.03 Å². The fraction of sp³-hybridized carbons (Fsp3) is 0.647. The highest BCUT2D eigenvalue weighted by Gasteiger charge is 2.24. The highest BCUT2D eigenvalue weighted by molar-refractivity contribution is 5.74. The van der Waals surface area contributed by atoms with E-state index in [9.17, 15) is 4.79 Å². The van der Waals surface area contributed by atoms with Gasteiger partial charge >= 0.3 is 6.03 Å². The number of likely N-dealkylation sites (tertiary alicyclic amines) is 1. The summed E-state index contributed by atoms with van der Waals surface area (Å²) < 4.78 is 7.08. The lowest BCUT2D eigenvalue weighted by Gasteiger charge is -2.32. The molecule has 1 N–H and O–H groups in total. The Hall–Kier alpha value is -2.38. The molecule has 0 bridgehead atoms. The molecule has 2 amide bonds. The van der Waals surface area contributed by atoms with Gasteiger partial charge in [-0.15, -0.1) is 0 Å². The second-order valence-corrected chi connectivity index (χ2v) is 6.87. The molecular weight excluding hydrogens is 320 g/mol. The first-order valence-electron chi connectivity index (χ1n) is 8.82. The van der Waals surface area contributed by atoms with Gasteiger partial charge in [0.1, 0.15) is 18.4 Å². The molecule has 1 aliphatic heterocycles. The first kappa shape index (κ1) is 17.4. The Balaban J connectivity index is 1.43. The van der Waals surface area contributed by atoms with Crippen LogP contribution in [0.15, 0.2) is 17.2 Å². The SMILES string of the molecule is Cc1noc(C)c1C(C)CNC(=O)N1CCC(Cn2cncn2)CC1. The zero-order chi connectivity index (χ0) is 17.8. The number of hydrogen-bond acceptors (Lipinski definition) is 5. The Kier molecular flexibility index (Phi) is 5.35. The smallest absolute Gasteiger partial charge is 0.317 e. The van der Waals surface area contributed by atoms with E-state index in [1.54, 1.807) is 12.7 Å². The number of aryl methyl sites for hydroxylation is 2. The van der Waals surface area contributed by atoms with Gasteiger partial charge in [0.05, 0.1) is 5.69 Å². The monoisotopic (exact) mass is 346 g/mol. The lowest BCUT2D eigenvalue weighted by atomic mass is 9.97. The molecule has 0 aliphatic carbocycles. The van der Waals surface area contributed by atoms with Crippen molar-refractivity contribution in [2.75, 3.05) is 19.6 Å². The van der Waals surface area contributed by atoms with Crippen LogP contribution in [0.3, 0.4) is 0 Å². The molecule has 2 aromatic rings. The van der Waals surface area contributed by atoms with Crippen molar-refractivity contribution in [1.29, 1.82) is 0 Å². The van der Waals surface area contributed by atoms with Gasteiger partial charge in [0, 0.05) is 37.7 Å². The number of hydrogen-bond donors (Lipinski definition) is 1. The van der Waals surface area contributed by atoms with Crippen LogP contribution in [0.1, 0.15) is 42.7 Å². The lowest BCUT2D eigenvalue weighted by molar-refractivity contribution is 0.164. The summed E-state index contributed by atoms with van der Waals surface area (Å²) in [6.45, 7) is 8.95. The largest absolute Gasteiger partial charge is 0.361 e.